The molecule has 0 bridgehead atoms. The van der Waals surface area contributed by atoms with Gasteiger partial charge in [-0.25, -0.2) is 0 Å². The van der Waals surface area contributed by atoms with Gasteiger partial charge in [0.2, 0.25) is 5.91 Å². The Kier molecular flexibility index (Phi) is 6.16. The van der Waals surface area contributed by atoms with Crippen LogP contribution in [0.25, 0.3) is 0 Å². The van der Waals surface area contributed by atoms with E-state index in [9.17, 15) is 4.79 Å². The first kappa shape index (κ1) is 21.6. The van der Waals surface area contributed by atoms with Crippen molar-refractivity contribution in [1.82, 2.24) is 20.0 Å². The maximum absolute atomic E-state index is 13.0. The second-order valence-electron chi connectivity index (χ2n) is 8.44. The number of carbonyl (C=O) groups excluding carboxylic acids is 1. The molecule has 6 nitrogen and oxygen atoms in total. The Morgan fingerprint density at radius 2 is 2.13 bits per heavy atom. The van der Waals surface area contributed by atoms with Crippen molar-refractivity contribution in [1.29, 1.82) is 0 Å². The highest BCUT2D eigenvalue weighted by Crippen LogP contribution is 2.32. The second kappa shape index (κ2) is 8.85. The summed E-state index contributed by atoms with van der Waals surface area (Å²) in [4.78, 5) is 15.2. The number of thiophene rings is 1. The first-order valence-corrected chi connectivity index (χ1v) is 11.6. The first-order chi connectivity index (χ1) is 14.8. The van der Waals surface area contributed by atoms with Crippen molar-refractivity contribution < 1.29 is 9.53 Å². The van der Waals surface area contributed by atoms with E-state index in [1.807, 2.05) is 38.6 Å². The van der Waals surface area contributed by atoms with Crippen molar-refractivity contribution in [3.05, 3.63) is 68.7 Å². The molecule has 0 radical (unpaired) electrons. The average molecular weight is 439 g/mol. The molecule has 3 heterocycles. The number of fused-ring (bicyclic) bond motifs is 1. The summed E-state index contributed by atoms with van der Waals surface area (Å²) >= 11 is 1.66. The van der Waals surface area contributed by atoms with Crippen molar-refractivity contribution >= 4 is 17.2 Å². The molecule has 1 N–H and O–H groups in total. The van der Waals surface area contributed by atoms with Gasteiger partial charge in [0.15, 0.2) is 0 Å². The summed E-state index contributed by atoms with van der Waals surface area (Å²) in [7, 11) is 1.93. The van der Waals surface area contributed by atoms with Crippen LogP contribution in [-0.4, -0.2) is 33.7 Å². The maximum Gasteiger partial charge on any atom is 0.234 e. The van der Waals surface area contributed by atoms with Crippen LogP contribution in [0.1, 0.15) is 52.7 Å². The molecule has 0 saturated heterocycles. The predicted molar refractivity (Wildman–Crippen MR) is 123 cm³/mol. The standard InChI is InChI=1S/C24H30N4O2S/c1-15-6-7-21-20(10-15)11-28(12-22(30-21)19-8-9-31-14-19)13-23(29)25-16(2)24-17(3)26-27(5)18(24)4/h6-10,14,16,22H,11-13H2,1-5H3,(H,25,29)/t16-,22-/m0/s1. The van der Waals surface area contributed by atoms with Gasteiger partial charge in [-0.05, 0) is 50.6 Å². The summed E-state index contributed by atoms with van der Waals surface area (Å²) in [5.74, 6) is 0.912. The number of hydrogen-bond donors (Lipinski definition) is 1. The maximum atomic E-state index is 13.0. The Hall–Kier alpha value is -2.64. The number of rotatable bonds is 5. The molecular weight excluding hydrogens is 408 g/mol. The number of benzene rings is 1. The third-order valence-electron chi connectivity index (χ3n) is 5.96. The third-order valence-corrected chi connectivity index (χ3v) is 6.66. The summed E-state index contributed by atoms with van der Waals surface area (Å²) in [6.45, 7) is 9.80. The molecule has 0 aliphatic carbocycles. The fourth-order valence-corrected chi connectivity index (χ4v) is 5.11. The number of carbonyl (C=O) groups is 1. The van der Waals surface area contributed by atoms with Crippen molar-refractivity contribution in [2.45, 2.75) is 46.4 Å². The summed E-state index contributed by atoms with van der Waals surface area (Å²) in [6, 6.07) is 8.28. The van der Waals surface area contributed by atoms with E-state index in [1.165, 1.54) is 5.56 Å². The zero-order chi connectivity index (χ0) is 22.1. The molecule has 3 aromatic rings. The van der Waals surface area contributed by atoms with Crippen molar-refractivity contribution in [3.63, 3.8) is 0 Å². The zero-order valence-electron chi connectivity index (χ0n) is 18.8. The lowest BCUT2D eigenvalue weighted by atomic mass is 10.1. The SMILES string of the molecule is Cc1ccc2c(c1)CN(CC(=O)N[C@@H](C)c1c(C)nn(C)c1C)C[C@@H](c1ccsc1)O2. The monoisotopic (exact) mass is 438 g/mol. The Bertz CT molecular complexity index is 1070. The van der Waals surface area contributed by atoms with Crippen LogP contribution in [0.15, 0.2) is 35.0 Å². The predicted octanol–water partition coefficient (Wildman–Crippen LogP) is 4.22. The van der Waals surface area contributed by atoms with E-state index < -0.39 is 0 Å². The molecule has 2 aromatic heterocycles. The number of nitrogens with zero attached hydrogens (tertiary/aromatic N) is 3. The van der Waals surface area contributed by atoms with Gasteiger partial charge in [0.25, 0.3) is 0 Å². The first-order valence-electron chi connectivity index (χ1n) is 10.6. The average Bonchev–Trinajstić information content (AvgIpc) is 3.27. The lowest BCUT2D eigenvalue weighted by Gasteiger charge is -2.24. The minimum atomic E-state index is -0.0942. The van der Waals surface area contributed by atoms with Gasteiger partial charge in [-0.3, -0.25) is 14.4 Å². The Morgan fingerprint density at radius 1 is 1.32 bits per heavy atom. The van der Waals surface area contributed by atoms with Crippen LogP contribution in [-0.2, 0) is 18.4 Å². The van der Waals surface area contributed by atoms with Gasteiger partial charge < -0.3 is 10.1 Å². The largest absolute Gasteiger partial charge is 0.484 e. The van der Waals surface area contributed by atoms with Gasteiger partial charge in [0.1, 0.15) is 11.9 Å². The lowest BCUT2D eigenvalue weighted by molar-refractivity contribution is -0.123. The Balaban J connectivity index is 1.51. The van der Waals surface area contributed by atoms with E-state index in [1.54, 1.807) is 11.3 Å². The molecule has 164 valence electrons. The van der Waals surface area contributed by atoms with Gasteiger partial charge in [-0.15, -0.1) is 0 Å². The van der Waals surface area contributed by atoms with E-state index >= 15 is 0 Å². The fraction of sp³-hybridized carbons (Fsp3) is 0.417. The van der Waals surface area contributed by atoms with Gasteiger partial charge in [-0.2, -0.15) is 16.4 Å². The number of nitrogens with one attached hydrogen (secondary N) is 1. The molecule has 1 aromatic carbocycles. The quantitative estimate of drug-likeness (QED) is 0.648. The van der Waals surface area contributed by atoms with Crippen LogP contribution in [0.3, 0.4) is 0 Å². The van der Waals surface area contributed by atoms with E-state index in [0.29, 0.717) is 19.6 Å². The van der Waals surface area contributed by atoms with E-state index in [-0.39, 0.29) is 18.1 Å². The Morgan fingerprint density at radius 3 is 2.81 bits per heavy atom. The number of amides is 1. The fourth-order valence-electron chi connectivity index (χ4n) is 4.41. The highest BCUT2D eigenvalue weighted by molar-refractivity contribution is 7.07. The minimum absolute atomic E-state index is 0.00956. The molecule has 0 saturated carbocycles. The highest BCUT2D eigenvalue weighted by atomic mass is 32.1. The number of aryl methyl sites for hydroxylation is 3. The molecule has 1 aliphatic heterocycles. The molecular formula is C24H30N4O2S. The molecule has 0 fully saturated rings. The highest BCUT2D eigenvalue weighted by Gasteiger charge is 2.27. The van der Waals surface area contributed by atoms with Gasteiger partial charge in [0.05, 0.1) is 18.3 Å². The summed E-state index contributed by atoms with van der Waals surface area (Å²) < 4.78 is 8.24. The molecule has 1 amide bonds. The van der Waals surface area contributed by atoms with Crippen LogP contribution < -0.4 is 10.1 Å². The van der Waals surface area contributed by atoms with E-state index in [4.69, 9.17) is 4.74 Å². The minimum Gasteiger partial charge on any atom is -0.484 e. The van der Waals surface area contributed by atoms with Gasteiger partial charge >= 0.3 is 0 Å². The van der Waals surface area contributed by atoms with E-state index in [0.717, 1.165) is 33.8 Å². The van der Waals surface area contributed by atoms with Gasteiger partial charge in [0, 0.05) is 42.5 Å². The van der Waals surface area contributed by atoms with Crippen molar-refractivity contribution in [2.75, 3.05) is 13.1 Å². The summed E-state index contributed by atoms with van der Waals surface area (Å²) in [6.07, 6.45) is -0.0942. The molecule has 0 spiro atoms. The van der Waals surface area contributed by atoms with Crippen LogP contribution in [0, 0.1) is 20.8 Å². The smallest absolute Gasteiger partial charge is 0.234 e. The number of ether oxygens (including phenoxy) is 1. The number of hydrogen-bond acceptors (Lipinski definition) is 5. The Labute approximate surface area is 187 Å². The second-order valence-corrected chi connectivity index (χ2v) is 9.22. The molecule has 7 heteroatoms. The molecule has 2 atom stereocenters. The van der Waals surface area contributed by atoms with Gasteiger partial charge in [-0.1, -0.05) is 17.7 Å². The molecule has 31 heavy (non-hydrogen) atoms. The summed E-state index contributed by atoms with van der Waals surface area (Å²) in [5.41, 5.74) is 6.59. The zero-order valence-corrected chi connectivity index (χ0v) is 19.6. The van der Waals surface area contributed by atoms with E-state index in [2.05, 4.69) is 51.2 Å². The van der Waals surface area contributed by atoms with Crippen molar-refractivity contribution in [2.24, 2.45) is 7.05 Å². The van der Waals surface area contributed by atoms with Crippen LogP contribution in [0.4, 0.5) is 0 Å². The summed E-state index contributed by atoms with van der Waals surface area (Å²) in [5, 5.41) is 11.8. The third kappa shape index (κ3) is 4.67. The van der Waals surface area contributed by atoms with Crippen LogP contribution in [0.5, 0.6) is 5.75 Å². The number of aromatic nitrogens is 2. The van der Waals surface area contributed by atoms with Crippen LogP contribution in [0.2, 0.25) is 0 Å². The molecule has 0 unspecified atom stereocenters. The van der Waals surface area contributed by atoms with Crippen molar-refractivity contribution in [3.8, 4) is 5.75 Å². The lowest BCUT2D eigenvalue weighted by Crippen LogP contribution is -2.39. The molecule has 4 rings (SSSR count). The topological polar surface area (TPSA) is 59.4 Å². The van der Waals surface area contributed by atoms with Crippen LogP contribution >= 0.6 is 11.3 Å². The molecule has 1 aliphatic rings. The normalized spacial score (nSPS) is 17.5.